The molecule has 1 saturated heterocycles. The molecule has 1 fully saturated rings. The molecule has 0 bridgehead atoms. The van der Waals surface area contributed by atoms with E-state index in [4.69, 9.17) is 4.74 Å². The minimum atomic E-state index is 0.551. The summed E-state index contributed by atoms with van der Waals surface area (Å²) in [5.41, 5.74) is 2.37. The summed E-state index contributed by atoms with van der Waals surface area (Å²) < 4.78 is 5.80. The van der Waals surface area contributed by atoms with Crippen molar-refractivity contribution in [2.75, 3.05) is 26.2 Å². The molecular weight excluding hydrogens is 282 g/mol. The summed E-state index contributed by atoms with van der Waals surface area (Å²) in [6.07, 6.45) is 0. The quantitative estimate of drug-likeness (QED) is 0.920. The minimum absolute atomic E-state index is 0.551. The molecule has 4 nitrogen and oxygen atoms in total. The topological polar surface area (TPSA) is 37.4 Å². The Bertz CT molecular complexity index is 578. The standard InChI is InChI=1S/C16H21N3OS/c1-13-3-2-4-15(9-13)20-11-16-18-14(12-21-16)10-19-7-5-17-6-8-19/h2-4,9,12,17H,5-8,10-11H2,1H3. The zero-order valence-electron chi connectivity index (χ0n) is 12.3. The van der Waals surface area contributed by atoms with Crippen LogP contribution in [0.5, 0.6) is 5.75 Å². The average Bonchev–Trinajstić information content (AvgIpc) is 2.94. The van der Waals surface area contributed by atoms with Gasteiger partial charge in [0.1, 0.15) is 17.4 Å². The number of nitrogens with one attached hydrogen (secondary N) is 1. The Hall–Kier alpha value is -1.43. The lowest BCUT2D eigenvalue weighted by atomic mass is 10.2. The predicted molar refractivity (Wildman–Crippen MR) is 85.8 cm³/mol. The molecule has 2 heterocycles. The second kappa shape index (κ2) is 7.02. The van der Waals surface area contributed by atoms with Crippen molar-refractivity contribution in [1.82, 2.24) is 15.2 Å². The van der Waals surface area contributed by atoms with E-state index in [-0.39, 0.29) is 0 Å². The molecule has 3 rings (SSSR count). The highest BCUT2D eigenvalue weighted by atomic mass is 32.1. The Kier molecular flexibility index (Phi) is 4.85. The summed E-state index contributed by atoms with van der Waals surface area (Å²) in [6, 6.07) is 8.13. The summed E-state index contributed by atoms with van der Waals surface area (Å²) in [5.74, 6) is 0.911. The van der Waals surface area contributed by atoms with Crippen LogP contribution in [0.4, 0.5) is 0 Å². The van der Waals surface area contributed by atoms with Crippen molar-refractivity contribution in [3.8, 4) is 5.75 Å². The van der Waals surface area contributed by atoms with Crippen molar-refractivity contribution in [2.45, 2.75) is 20.1 Å². The van der Waals surface area contributed by atoms with E-state index in [9.17, 15) is 0 Å². The third kappa shape index (κ3) is 4.27. The van der Waals surface area contributed by atoms with Gasteiger partial charge in [-0.1, -0.05) is 12.1 Å². The van der Waals surface area contributed by atoms with Crippen molar-refractivity contribution >= 4 is 11.3 Å². The van der Waals surface area contributed by atoms with Crippen LogP contribution in [-0.4, -0.2) is 36.1 Å². The number of aryl methyl sites for hydroxylation is 1. The highest BCUT2D eigenvalue weighted by Crippen LogP contribution is 2.17. The van der Waals surface area contributed by atoms with Gasteiger partial charge in [0.25, 0.3) is 0 Å². The van der Waals surface area contributed by atoms with Crippen molar-refractivity contribution < 1.29 is 4.74 Å². The van der Waals surface area contributed by atoms with Gasteiger partial charge < -0.3 is 10.1 Å². The Labute approximate surface area is 129 Å². The number of hydrogen-bond donors (Lipinski definition) is 1. The Balaban J connectivity index is 1.52. The smallest absolute Gasteiger partial charge is 0.140 e. The van der Waals surface area contributed by atoms with Gasteiger partial charge in [-0.2, -0.15) is 0 Å². The van der Waals surface area contributed by atoms with Gasteiger partial charge in [0.2, 0.25) is 0 Å². The maximum absolute atomic E-state index is 5.80. The number of piperazine rings is 1. The summed E-state index contributed by atoms with van der Waals surface area (Å²) in [6.45, 7) is 7.93. The predicted octanol–water partition coefficient (Wildman–Crippen LogP) is 2.44. The largest absolute Gasteiger partial charge is 0.486 e. The van der Waals surface area contributed by atoms with Crippen molar-refractivity contribution in [1.29, 1.82) is 0 Å². The SMILES string of the molecule is Cc1cccc(OCc2nc(CN3CCNCC3)cs2)c1. The summed E-state index contributed by atoms with van der Waals surface area (Å²) in [4.78, 5) is 7.11. The van der Waals surface area contributed by atoms with E-state index in [1.54, 1.807) is 11.3 Å². The maximum Gasteiger partial charge on any atom is 0.140 e. The minimum Gasteiger partial charge on any atom is -0.486 e. The summed E-state index contributed by atoms with van der Waals surface area (Å²) >= 11 is 1.68. The van der Waals surface area contributed by atoms with Crippen LogP contribution >= 0.6 is 11.3 Å². The Morgan fingerprint density at radius 2 is 2.19 bits per heavy atom. The fourth-order valence-electron chi connectivity index (χ4n) is 2.44. The summed E-state index contributed by atoms with van der Waals surface area (Å²) in [7, 11) is 0. The normalized spacial score (nSPS) is 16.0. The van der Waals surface area contributed by atoms with Crippen molar-refractivity contribution in [3.05, 3.63) is 45.9 Å². The number of nitrogens with zero attached hydrogens (tertiary/aromatic N) is 2. The fraction of sp³-hybridized carbons (Fsp3) is 0.438. The van der Waals surface area contributed by atoms with Crippen LogP contribution in [0, 0.1) is 6.92 Å². The van der Waals surface area contributed by atoms with Gasteiger partial charge >= 0.3 is 0 Å². The van der Waals surface area contributed by atoms with Crippen LogP contribution in [0.25, 0.3) is 0 Å². The molecule has 5 heteroatoms. The Morgan fingerprint density at radius 1 is 1.33 bits per heavy atom. The average molecular weight is 303 g/mol. The van der Waals surface area contributed by atoms with Crippen LogP contribution in [0.3, 0.4) is 0 Å². The van der Waals surface area contributed by atoms with E-state index < -0.39 is 0 Å². The van der Waals surface area contributed by atoms with Gasteiger partial charge in [0, 0.05) is 38.1 Å². The molecule has 1 aromatic heterocycles. The second-order valence-corrected chi connectivity index (χ2v) is 6.31. The van der Waals surface area contributed by atoms with Gasteiger partial charge in [-0.25, -0.2) is 4.98 Å². The zero-order chi connectivity index (χ0) is 14.5. The monoisotopic (exact) mass is 303 g/mol. The van der Waals surface area contributed by atoms with E-state index in [0.717, 1.165) is 49.2 Å². The first-order valence-corrected chi connectivity index (χ1v) is 8.23. The molecule has 0 atom stereocenters. The number of benzene rings is 1. The lowest BCUT2D eigenvalue weighted by molar-refractivity contribution is 0.230. The third-order valence-electron chi connectivity index (χ3n) is 3.55. The van der Waals surface area contributed by atoms with Crippen LogP contribution in [-0.2, 0) is 13.2 Å². The molecule has 0 amide bonds. The molecule has 2 aromatic rings. The molecule has 0 spiro atoms. The van der Waals surface area contributed by atoms with Crippen molar-refractivity contribution in [3.63, 3.8) is 0 Å². The number of ether oxygens (including phenoxy) is 1. The van der Waals surface area contributed by atoms with E-state index >= 15 is 0 Å². The number of hydrogen-bond acceptors (Lipinski definition) is 5. The van der Waals surface area contributed by atoms with Gasteiger partial charge in [0.05, 0.1) is 5.69 Å². The molecule has 0 radical (unpaired) electrons. The van der Waals surface area contributed by atoms with Gasteiger partial charge in [-0.15, -0.1) is 11.3 Å². The lowest BCUT2D eigenvalue weighted by Gasteiger charge is -2.26. The van der Waals surface area contributed by atoms with Gasteiger partial charge in [-0.05, 0) is 24.6 Å². The molecule has 0 aliphatic carbocycles. The maximum atomic E-state index is 5.80. The summed E-state index contributed by atoms with van der Waals surface area (Å²) in [5, 5.41) is 6.56. The fourth-order valence-corrected chi connectivity index (χ4v) is 3.13. The molecule has 1 aliphatic heterocycles. The first-order valence-electron chi connectivity index (χ1n) is 7.35. The van der Waals surface area contributed by atoms with Gasteiger partial charge in [0.15, 0.2) is 0 Å². The van der Waals surface area contributed by atoms with Gasteiger partial charge in [-0.3, -0.25) is 4.90 Å². The van der Waals surface area contributed by atoms with Crippen LogP contribution in [0.15, 0.2) is 29.6 Å². The lowest BCUT2D eigenvalue weighted by Crippen LogP contribution is -2.42. The van der Waals surface area contributed by atoms with Crippen molar-refractivity contribution in [2.24, 2.45) is 0 Å². The molecule has 1 N–H and O–H groups in total. The number of aromatic nitrogens is 1. The zero-order valence-corrected chi connectivity index (χ0v) is 13.2. The molecular formula is C16H21N3OS. The van der Waals surface area contributed by atoms with Crippen LogP contribution in [0.2, 0.25) is 0 Å². The van der Waals surface area contributed by atoms with E-state index in [0.29, 0.717) is 6.61 Å². The third-order valence-corrected chi connectivity index (χ3v) is 4.42. The molecule has 112 valence electrons. The van der Waals surface area contributed by atoms with Crippen LogP contribution < -0.4 is 10.1 Å². The molecule has 21 heavy (non-hydrogen) atoms. The first kappa shape index (κ1) is 14.5. The molecule has 0 unspecified atom stereocenters. The Morgan fingerprint density at radius 3 is 3.00 bits per heavy atom. The second-order valence-electron chi connectivity index (χ2n) is 5.36. The molecule has 1 aliphatic rings. The molecule has 1 aromatic carbocycles. The number of rotatable bonds is 5. The highest BCUT2D eigenvalue weighted by Gasteiger charge is 2.12. The van der Waals surface area contributed by atoms with Crippen LogP contribution in [0.1, 0.15) is 16.3 Å². The van der Waals surface area contributed by atoms with E-state index in [1.165, 1.54) is 5.56 Å². The van der Waals surface area contributed by atoms with E-state index in [1.807, 2.05) is 12.1 Å². The van der Waals surface area contributed by atoms with E-state index in [2.05, 4.69) is 39.6 Å². The number of thiazole rings is 1. The molecule has 0 saturated carbocycles. The first-order chi connectivity index (χ1) is 10.3. The highest BCUT2D eigenvalue weighted by molar-refractivity contribution is 7.09.